The molecule has 4 fully saturated rings. The van der Waals surface area contributed by atoms with Crippen LogP contribution < -0.4 is 5.32 Å². The molecule has 0 unspecified atom stereocenters. The molecule has 1 aromatic heterocycles. The maximum atomic E-state index is 11.2. The molecule has 3 aromatic rings. The van der Waals surface area contributed by atoms with Gasteiger partial charge in [0.1, 0.15) is 5.01 Å². The summed E-state index contributed by atoms with van der Waals surface area (Å²) in [6.45, 7) is 0.619. The van der Waals surface area contributed by atoms with Crippen LogP contribution in [0.25, 0.3) is 11.1 Å². The Morgan fingerprint density at radius 2 is 1.68 bits per heavy atom. The maximum Gasteiger partial charge on any atom is 0.306 e. The smallest absolute Gasteiger partial charge is 0.306 e. The second kappa shape index (κ2) is 8.47. The van der Waals surface area contributed by atoms with E-state index in [4.69, 9.17) is 4.74 Å². The van der Waals surface area contributed by atoms with Crippen molar-refractivity contribution in [2.24, 2.45) is 0 Å². The topological polar surface area (TPSA) is 84.3 Å². The molecule has 4 aliphatic rings. The summed E-state index contributed by atoms with van der Waals surface area (Å²) in [4.78, 5) is 11.2. The lowest BCUT2D eigenvalue weighted by molar-refractivity contribution is -0.174. The first-order valence-electron chi connectivity index (χ1n) is 12.2. The lowest BCUT2D eigenvalue weighted by Gasteiger charge is -2.53. The van der Waals surface area contributed by atoms with E-state index in [0.717, 1.165) is 41.5 Å². The molecule has 2 N–H and O–H groups in total. The molecule has 3 heterocycles. The number of rotatable bonds is 7. The van der Waals surface area contributed by atoms with Crippen LogP contribution in [-0.2, 0) is 14.9 Å². The van der Waals surface area contributed by atoms with Crippen LogP contribution in [0.15, 0.2) is 48.5 Å². The summed E-state index contributed by atoms with van der Waals surface area (Å²) in [5.74, 6) is -0.152. The maximum absolute atomic E-state index is 11.2. The first-order valence-corrected chi connectivity index (χ1v) is 13.0. The lowest BCUT2D eigenvalue weighted by Crippen LogP contribution is -2.54. The number of carboxylic acids is 1. The Morgan fingerprint density at radius 1 is 1.00 bits per heavy atom. The van der Waals surface area contributed by atoms with Crippen LogP contribution in [-0.4, -0.2) is 33.5 Å². The molecule has 2 aliphatic heterocycles. The fourth-order valence-electron chi connectivity index (χ4n) is 5.63. The fourth-order valence-corrected chi connectivity index (χ4v) is 6.56. The van der Waals surface area contributed by atoms with Gasteiger partial charge in [-0.15, -0.1) is 10.2 Å². The molecule has 0 amide bonds. The molecule has 176 valence electrons. The van der Waals surface area contributed by atoms with Crippen LogP contribution in [0.1, 0.15) is 67.9 Å². The highest BCUT2D eigenvalue weighted by atomic mass is 32.1. The second-order valence-electron chi connectivity index (χ2n) is 10.2. The van der Waals surface area contributed by atoms with Gasteiger partial charge in [0, 0.05) is 17.0 Å². The third-order valence-corrected chi connectivity index (χ3v) is 9.11. The average molecular weight is 476 g/mol. The van der Waals surface area contributed by atoms with Crippen molar-refractivity contribution < 1.29 is 14.6 Å². The Kier molecular flexibility index (Phi) is 5.41. The standard InChI is InChI=1S/C27H29N3O3S/c31-23(32)16-27-14-12-26(13-15-27,17-33-27)21-8-4-18(5-9-21)19-6-10-22(11-7-19)28-25-30-29-24(34-25)20-2-1-3-20/h4-11,20H,1-3,12-17H2,(H,28,30)(H,31,32). The number of benzene rings is 2. The molecule has 2 aromatic carbocycles. The zero-order chi connectivity index (χ0) is 23.2. The van der Waals surface area contributed by atoms with Crippen molar-refractivity contribution in [3.63, 3.8) is 0 Å². The largest absolute Gasteiger partial charge is 0.481 e. The number of aliphatic carboxylic acids is 1. The van der Waals surface area contributed by atoms with Crippen molar-refractivity contribution in [1.82, 2.24) is 10.2 Å². The number of carboxylic acid groups (broad SMARTS) is 1. The van der Waals surface area contributed by atoms with E-state index in [1.54, 1.807) is 11.3 Å². The molecule has 6 nitrogen and oxygen atoms in total. The average Bonchev–Trinajstić information content (AvgIpc) is 3.27. The molecular weight excluding hydrogens is 446 g/mol. The Bertz CT molecular complexity index is 1160. The number of anilines is 2. The van der Waals surface area contributed by atoms with E-state index in [2.05, 4.69) is 64.0 Å². The third-order valence-electron chi connectivity index (χ3n) is 8.11. The molecule has 2 aliphatic carbocycles. The Labute approximate surface area is 203 Å². The monoisotopic (exact) mass is 475 g/mol. The molecule has 7 heteroatoms. The van der Waals surface area contributed by atoms with Gasteiger partial charge < -0.3 is 15.2 Å². The number of fused-ring (bicyclic) bond motifs is 3. The van der Waals surface area contributed by atoms with Gasteiger partial charge >= 0.3 is 5.97 Å². The van der Waals surface area contributed by atoms with E-state index in [-0.39, 0.29) is 11.8 Å². The number of hydrogen-bond acceptors (Lipinski definition) is 6. The van der Waals surface area contributed by atoms with Crippen LogP contribution in [0.3, 0.4) is 0 Å². The summed E-state index contributed by atoms with van der Waals surface area (Å²) in [6.07, 6.45) is 7.54. The molecule has 0 atom stereocenters. The summed E-state index contributed by atoms with van der Waals surface area (Å²) < 4.78 is 6.14. The van der Waals surface area contributed by atoms with Crippen molar-refractivity contribution in [3.05, 3.63) is 59.1 Å². The van der Waals surface area contributed by atoms with Crippen molar-refractivity contribution in [3.8, 4) is 11.1 Å². The van der Waals surface area contributed by atoms with Crippen molar-refractivity contribution >= 4 is 28.1 Å². The van der Waals surface area contributed by atoms with E-state index < -0.39 is 11.6 Å². The second-order valence-corrected chi connectivity index (χ2v) is 11.2. The summed E-state index contributed by atoms with van der Waals surface area (Å²) >= 11 is 1.66. The highest BCUT2D eigenvalue weighted by Crippen LogP contribution is 2.51. The van der Waals surface area contributed by atoms with Gasteiger partial charge in [-0.05, 0) is 67.3 Å². The van der Waals surface area contributed by atoms with E-state index in [1.807, 2.05) is 0 Å². The Morgan fingerprint density at radius 3 is 2.24 bits per heavy atom. The van der Waals surface area contributed by atoms with Crippen LogP contribution >= 0.6 is 11.3 Å². The molecule has 2 bridgehead atoms. The van der Waals surface area contributed by atoms with Crippen molar-refractivity contribution in [2.75, 3.05) is 11.9 Å². The number of nitrogens with one attached hydrogen (secondary N) is 1. The van der Waals surface area contributed by atoms with E-state index in [1.165, 1.54) is 36.0 Å². The van der Waals surface area contributed by atoms with E-state index >= 15 is 0 Å². The highest BCUT2D eigenvalue weighted by molar-refractivity contribution is 7.15. The quantitative estimate of drug-likeness (QED) is 0.419. The van der Waals surface area contributed by atoms with Gasteiger partial charge in [0.05, 0.1) is 18.6 Å². The number of aromatic nitrogens is 2. The first kappa shape index (κ1) is 21.7. The van der Waals surface area contributed by atoms with Gasteiger partial charge in [0.25, 0.3) is 0 Å². The number of carbonyl (C=O) groups is 1. The van der Waals surface area contributed by atoms with Crippen LogP contribution in [0.2, 0.25) is 0 Å². The van der Waals surface area contributed by atoms with Gasteiger partial charge in [-0.3, -0.25) is 4.79 Å². The summed E-state index contributed by atoms with van der Waals surface area (Å²) in [5.41, 5.74) is 4.25. The Hall–Kier alpha value is -2.77. The molecule has 34 heavy (non-hydrogen) atoms. The zero-order valence-corrected chi connectivity index (χ0v) is 19.9. The van der Waals surface area contributed by atoms with Crippen LogP contribution in [0.5, 0.6) is 0 Å². The van der Waals surface area contributed by atoms with Gasteiger partial charge in [0.2, 0.25) is 5.13 Å². The minimum Gasteiger partial charge on any atom is -0.481 e. The molecule has 2 saturated heterocycles. The van der Waals surface area contributed by atoms with E-state index in [9.17, 15) is 9.90 Å². The predicted octanol–water partition coefficient (Wildman–Crippen LogP) is 6.27. The van der Waals surface area contributed by atoms with E-state index in [0.29, 0.717) is 12.5 Å². The molecule has 2 saturated carbocycles. The fraction of sp³-hybridized carbons (Fsp3) is 0.444. The summed E-state index contributed by atoms with van der Waals surface area (Å²) in [7, 11) is 0. The predicted molar refractivity (Wildman–Crippen MR) is 133 cm³/mol. The minimum absolute atomic E-state index is 0.0205. The first-order chi connectivity index (χ1) is 16.5. The van der Waals surface area contributed by atoms with Crippen LogP contribution in [0, 0.1) is 0 Å². The van der Waals surface area contributed by atoms with Gasteiger partial charge in [-0.2, -0.15) is 0 Å². The molecule has 0 radical (unpaired) electrons. The van der Waals surface area contributed by atoms with Crippen LogP contribution in [0.4, 0.5) is 10.8 Å². The minimum atomic E-state index is -0.762. The number of nitrogens with zero attached hydrogens (tertiary/aromatic N) is 2. The summed E-state index contributed by atoms with van der Waals surface area (Å²) in [6, 6.07) is 17.3. The van der Waals surface area contributed by atoms with Gasteiger partial charge in [-0.25, -0.2) is 0 Å². The molecule has 0 spiro atoms. The summed E-state index contributed by atoms with van der Waals surface area (Å²) in [5, 5.41) is 23.3. The van der Waals surface area contributed by atoms with Crippen molar-refractivity contribution in [1.29, 1.82) is 0 Å². The van der Waals surface area contributed by atoms with Gasteiger partial charge in [-0.1, -0.05) is 54.2 Å². The molecular formula is C27H29N3O3S. The normalized spacial score (nSPS) is 26.2. The SMILES string of the molecule is O=C(O)CC12CCC(c3ccc(-c4ccc(Nc5nnc(C6CCC6)s5)cc4)cc3)(CC1)CO2. The molecule has 7 rings (SSSR count). The zero-order valence-electron chi connectivity index (χ0n) is 19.1. The number of ether oxygens (including phenoxy) is 1. The lowest BCUT2D eigenvalue weighted by atomic mass is 9.62. The Balaban J connectivity index is 1.11. The number of hydrogen-bond donors (Lipinski definition) is 2. The van der Waals surface area contributed by atoms with Gasteiger partial charge in [0.15, 0.2) is 0 Å². The van der Waals surface area contributed by atoms with Crippen molar-refractivity contribution in [2.45, 2.75) is 68.3 Å². The third kappa shape index (κ3) is 4.01. The highest BCUT2D eigenvalue weighted by Gasteiger charge is 2.51.